The van der Waals surface area contributed by atoms with Crippen LogP contribution in [0.4, 0.5) is 0 Å². The molecule has 0 saturated carbocycles. The van der Waals surface area contributed by atoms with Crippen LogP contribution in [0.15, 0.2) is 92.0 Å². The minimum absolute atomic E-state index is 0.0371. The van der Waals surface area contributed by atoms with E-state index in [1.165, 1.54) is 6.08 Å². The monoisotopic (exact) mass is 559 g/mol. The molecule has 1 unspecified atom stereocenters. The number of nitrogens with zero attached hydrogens (tertiary/aromatic N) is 2. The lowest BCUT2D eigenvalue weighted by Gasteiger charge is -2.34. The number of carbonyl (C=O) groups is 4. The van der Waals surface area contributed by atoms with E-state index in [1.807, 2.05) is 55.5 Å². The second kappa shape index (κ2) is 14.8. The molecule has 0 aromatic heterocycles. The number of rotatable bonds is 8. The summed E-state index contributed by atoms with van der Waals surface area (Å²) in [6, 6.07) is 21.6. The summed E-state index contributed by atoms with van der Waals surface area (Å²) in [4.78, 5) is 50.7. The quantitative estimate of drug-likeness (QED) is 0.309. The second-order valence-corrected chi connectivity index (χ2v) is 9.71. The van der Waals surface area contributed by atoms with Gasteiger partial charge in [0.2, 0.25) is 17.1 Å². The molecule has 208 valence electrons. The van der Waals surface area contributed by atoms with E-state index in [0.717, 1.165) is 28.0 Å². The number of hydrogen-bond donors (Lipinski definition) is 1. The fraction of sp³-hybridized carbons (Fsp3) is 0.250. The molecule has 3 aromatic carbocycles. The summed E-state index contributed by atoms with van der Waals surface area (Å²) in [5.41, 5.74) is 2.51. The Hall–Kier alpha value is -4.23. The molecular weight excluding hydrogens is 526 g/mol. The van der Waals surface area contributed by atoms with Gasteiger partial charge in [-0.15, -0.1) is 0 Å². The fourth-order valence-electron chi connectivity index (χ4n) is 4.65. The maximum Gasteiger partial charge on any atom is 0.252 e. The lowest BCUT2D eigenvalue weighted by molar-refractivity contribution is -0.137. The van der Waals surface area contributed by atoms with Crippen LogP contribution in [0.1, 0.15) is 40.9 Å². The van der Waals surface area contributed by atoms with Crippen LogP contribution in [0.25, 0.3) is 10.8 Å². The van der Waals surface area contributed by atoms with Crippen LogP contribution in [0.5, 0.6) is 0 Å². The van der Waals surface area contributed by atoms with E-state index in [9.17, 15) is 19.2 Å². The predicted molar refractivity (Wildman–Crippen MR) is 159 cm³/mol. The van der Waals surface area contributed by atoms with Gasteiger partial charge in [0.25, 0.3) is 5.91 Å². The molecule has 8 heteroatoms. The molecule has 3 aromatic rings. The number of fused-ring (bicyclic) bond motifs is 1. The average Bonchev–Trinajstić information content (AvgIpc) is 2.99. The number of benzene rings is 3. The van der Waals surface area contributed by atoms with Crippen molar-refractivity contribution in [2.45, 2.75) is 25.8 Å². The minimum Gasteiger partial charge on any atom is -0.345 e. The summed E-state index contributed by atoms with van der Waals surface area (Å²) in [7, 11) is 0. The highest BCUT2D eigenvalue weighted by Gasteiger charge is 2.23. The van der Waals surface area contributed by atoms with E-state index in [0.29, 0.717) is 44.6 Å². The molecular formula is C32H34ClN3O4. The van der Waals surface area contributed by atoms with Crippen molar-refractivity contribution < 1.29 is 19.2 Å². The van der Waals surface area contributed by atoms with Crippen molar-refractivity contribution in [3.63, 3.8) is 0 Å². The van der Waals surface area contributed by atoms with Gasteiger partial charge in [0.05, 0.1) is 6.04 Å². The Labute approximate surface area is 240 Å². The predicted octanol–water partition coefficient (Wildman–Crippen LogP) is 5.06. The molecule has 0 bridgehead atoms. The lowest BCUT2D eigenvalue weighted by atomic mass is 9.98. The number of hydrogen-bond acceptors (Lipinski definition) is 4. The Bertz CT molecular complexity index is 1390. The van der Waals surface area contributed by atoms with Crippen LogP contribution in [0, 0.1) is 0 Å². The van der Waals surface area contributed by atoms with Crippen molar-refractivity contribution in [3.05, 3.63) is 109 Å². The third-order valence-electron chi connectivity index (χ3n) is 6.79. The van der Waals surface area contributed by atoms with E-state index in [4.69, 9.17) is 11.6 Å². The van der Waals surface area contributed by atoms with Gasteiger partial charge in [0, 0.05) is 38.2 Å². The van der Waals surface area contributed by atoms with Crippen LogP contribution >= 0.6 is 11.6 Å². The average molecular weight is 560 g/mol. The Morgan fingerprint density at radius 2 is 1.48 bits per heavy atom. The van der Waals surface area contributed by atoms with Crippen LogP contribution in [-0.2, 0) is 20.8 Å². The number of halogens is 1. The number of carbonyl (C=O) groups excluding carboxylic acids is 4. The Balaban J connectivity index is 0.000000810. The summed E-state index contributed by atoms with van der Waals surface area (Å²) >= 11 is 4.71. The van der Waals surface area contributed by atoms with Gasteiger partial charge in [-0.05, 0) is 65.1 Å². The topological polar surface area (TPSA) is 86.8 Å². The first-order valence-corrected chi connectivity index (χ1v) is 13.5. The van der Waals surface area contributed by atoms with Crippen molar-refractivity contribution in [3.8, 4) is 0 Å². The highest BCUT2D eigenvalue weighted by molar-refractivity contribution is 6.66. The molecule has 0 spiro atoms. The highest BCUT2D eigenvalue weighted by atomic mass is 35.5. The molecule has 3 amide bonds. The van der Waals surface area contributed by atoms with Crippen molar-refractivity contribution in [1.82, 2.24) is 15.1 Å². The van der Waals surface area contributed by atoms with Gasteiger partial charge < -0.3 is 15.1 Å². The molecule has 1 aliphatic heterocycles. The molecule has 1 atom stereocenters. The lowest BCUT2D eigenvalue weighted by Crippen LogP contribution is -2.50. The van der Waals surface area contributed by atoms with Crippen molar-refractivity contribution in [2.24, 2.45) is 0 Å². The smallest absolute Gasteiger partial charge is 0.252 e. The van der Waals surface area contributed by atoms with Gasteiger partial charge in [-0.2, -0.15) is 0 Å². The van der Waals surface area contributed by atoms with E-state index in [-0.39, 0.29) is 23.8 Å². The summed E-state index contributed by atoms with van der Waals surface area (Å²) in [6.07, 6.45) is 3.15. The van der Waals surface area contributed by atoms with E-state index < -0.39 is 5.24 Å². The first-order chi connectivity index (χ1) is 19.2. The van der Waals surface area contributed by atoms with Gasteiger partial charge in [0.1, 0.15) is 0 Å². The second-order valence-electron chi connectivity index (χ2n) is 9.34. The molecule has 1 aliphatic rings. The van der Waals surface area contributed by atoms with Gasteiger partial charge in [-0.25, -0.2) is 0 Å². The maximum absolute atomic E-state index is 13.2. The van der Waals surface area contributed by atoms with Gasteiger partial charge >= 0.3 is 0 Å². The molecule has 0 aliphatic carbocycles. The third kappa shape index (κ3) is 8.13. The molecule has 1 heterocycles. The van der Waals surface area contributed by atoms with Crippen molar-refractivity contribution in [1.29, 1.82) is 0 Å². The minimum atomic E-state index is -0.509. The summed E-state index contributed by atoms with van der Waals surface area (Å²) in [5.74, 6) is -0.213. The van der Waals surface area contributed by atoms with Crippen molar-refractivity contribution >= 4 is 45.3 Å². The van der Waals surface area contributed by atoms with E-state index >= 15 is 0 Å². The summed E-state index contributed by atoms with van der Waals surface area (Å²) in [6.45, 7) is 10.7. The summed E-state index contributed by atoms with van der Waals surface area (Å²) in [5, 5.41) is 4.89. The van der Waals surface area contributed by atoms with Crippen molar-refractivity contribution in [2.75, 3.05) is 26.2 Å². The Morgan fingerprint density at radius 3 is 2.15 bits per heavy atom. The Morgan fingerprint density at radius 1 is 0.875 bits per heavy atom. The zero-order valence-electron chi connectivity index (χ0n) is 22.6. The normalized spacial score (nSPS) is 13.4. The standard InChI is InChI=1S/C29H31N3O3.C3H3ClO/c1-3-27(33)31-17-19-32(20-18-31)28(34)16-15-23-10-5-7-13-26(23)29(35)30-21(2)24-14-8-11-22-9-4-6-12-25(22)24;1-2-3(4)5/h3-14,21H,1,15-20H2,2H3,(H,30,35);2H,1H2. The molecule has 0 radical (unpaired) electrons. The van der Waals surface area contributed by atoms with Crippen LogP contribution in [0.2, 0.25) is 0 Å². The number of nitrogens with one attached hydrogen (secondary N) is 1. The third-order valence-corrected chi connectivity index (χ3v) is 6.94. The first kappa shape index (κ1) is 30.3. The van der Waals surface area contributed by atoms with Crippen LogP contribution in [-0.4, -0.2) is 58.9 Å². The zero-order chi connectivity index (χ0) is 29.1. The Kier molecular flexibility index (Phi) is 11.2. The van der Waals surface area contributed by atoms with Gasteiger partial charge in [-0.3, -0.25) is 19.2 Å². The number of amides is 3. The highest BCUT2D eigenvalue weighted by Crippen LogP contribution is 2.24. The molecule has 1 saturated heterocycles. The zero-order valence-corrected chi connectivity index (χ0v) is 23.4. The molecule has 1 fully saturated rings. The van der Waals surface area contributed by atoms with Gasteiger partial charge in [-0.1, -0.05) is 73.8 Å². The largest absolute Gasteiger partial charge is 0.345 e. The fourth-order valence-corrected chi connectivity index (χ4v) is 4.65. The molecule has 4 rings (SSSR count). The molecule has 40 heavy (non-hydrogen) atoms. The van der Waals surface area contributed by atoms with Gasteiger partial charge in [0.15, 0.2) is 0 Å². The van der Waals surface area contributed by atoms with Crippen LogP contribution in [0.3, 0.4) is 0 Å². The molecule has 7 nitrogen and oxygen atoms in total. The molecule has 1 N–H and O–H groups in total. The number of aryl methyl sites for hydroxylation is 1. The van der Waals surface area contributed by atoms with E-state index in [1.54, 1.807) is 9.80 Å². The maximum atomic E-state index is 13.2. The summed E-state index contributed by atoms with van der Waals surface area (Å²) < 4.78 is 0. The SMILES string of the molecule is C=CC(=O)Cl.C=CC(=O)N1CCN(C(=O)CCc2ccccc2C(=O)NC(C)c2cccc3ccccc23)CC1. The number of piperazine rings is 1. The van der Waals surface area contributed by atoms with Crippen LogP contribution < -0.4 is 5.32 Å². The number of allylic oxidation sites excluding steroid dienone is 1. The first-order valence-electron chi connectivity index (χ1n) is 13.1. The van der Waals surface area contributed by atoms with E-state index in [2.05, 4.69) is 36.7 Å².